The first kappa shape index (κ1) is 12.9. The topological polar surface area (TPSA) is 93.4 Å². The van der Waals surface area contributed by atoms with Gasteiger partial charge in [-0.2, -0.15) is 0 Å². The molecule has 1 saturated heterocycles. The largest absolute Gasteiger partial charge is 0.368 e. The normalized spacial score (nSPS) is 23.8. The van der Waals surface area contributed by atoms with E-state index in [1.807, 2.05) is 13.8 Å². The molecule has 4 N–H and O–H groups in total. The number of hydrogen-bond donors (Lipinski definition) is 3. The zero-order valence-electron chi connectivity index (χ0n) is 9.71. The molecule has 1 aliphatic rings. The molecule has 0 spiro atoms. The Morgan fingerprint density at radius 2 is 2.25 bits per heavy atom. The molecule has 1 unspecified atom stereocenters. The number of carbonyl (C=O) groups is 2. The van der Waals surface area contributed by atoms with Crippen LogP contribution in [0.5, 0.6) is 0 Å². The summed E-state index contributed by atoms with van der Waals surface area (Å²) in [6.45, 7) is 4.56. The fraction of sp³-hybridized carbons (Fsp3) is 0.800. The average Bonchev–Trinajstić information content (AvgIpc) is 2.16. The molecule has 1 fully saturated rings. The monoisotopic (exact) mass is 229 g/mol. The highest BCUT2D eigenvalue weighted by atomic mass is 16.7. The van der Waals surface area contributed by atoms with Gasteiger partial charge in [0.25, 0.3) is 5.91 Å². The molecule has 1 aliphatic heterocycles. The number of carbonyl (C=O) groups excluding carboxylic acids is 2. The summed E-state index contributed by atoms with van der Waals surface area (Å²) in [7, 11) is 0. The first-order valence-corrected chi connectivity index (χ1v) is 5.37. The summed E-state index contributed by atoms with van der Waals surface area (Å²) in [6, 6.07) is -0.297. The van der Waals surface area contributed by atoms with Crippen LogP contribution < -0.4 is 16.5 Å². The van der Waals surface area contributed by atoms with Crippen molar-refractivity contribution in [3.63, 3.8) is 0 Å². The van der Waals surface area contributed by atoms with E-state index >= 15 is 0 Å². The van der Waals surface area contributed by atoms with Crippen molar-refractivity contribution in [1.29, 1.82) is 0 Å². The van der Waals surface area contributed by atoms with Gasteiger partial charge in [0.15, 0.2) is 6.61 Å². The van der Waals surface area contributed by atoms with Crippen molar-refractivity contribution in [3.05, 3.63) is 0 Å². The minimum Gasteiger partial charge on any atom is -0.368 e. The first-order chi connectivity index (χ1) is 7.43. The zero-order chi connectivity index (χ0) is 12.2. The molecule has 1 atom stereocenters. The number of hydrogen-bond acceptors (Lipinski definition) is 4. The number of amides is 2. The summed E-state index contributed by atoms with van der Waals surface area (Å²) >= 11 is 0. The summed E-state index contributed by atoms with van der Waals surface area (Å²) in [4.78, 5) is 26.8. The van der Waals surface area contributed by atoms with Gasteiger partial charge in [-0.3, -0.25) is 14.4 Å². The Balaban J connectivity index is 2.42. The number of nitrogens with one attached hydrogen (secondary N) is 2. The lowest BCUT2D eigenvalue weighted by Gasteiger charge is -2.37. The third-order valence-electron chi connectivity index (χ3n) is 2.78. The van der Waals surface area contributed by atoms with Crippen LogP contribution in [0.4, 0.5) is 0 Å². The third kappa shape index (κ3) is 3.46. The molecule has 0 bridgehead atoms. The van der Waals surface area contributed by atoms with Gasteiger partial charge in [0.2, 0.25) is 5.91 Å². The van der Waals surface area contributed by atoms with Crippen LogP contribution >= 0.6 is 0 Å². The van der Waals surface area contributed by atoms with Crippen LogP contribution in [0.15, 0.2) is 0 Å². The molecule has 2 amide bonds. The van der Waals surface area contributed by atoms with E-state index in [4.69, 9.17) is 5.73 Å². The molecule has 0 radical (unpaired) electrons. The lowest BCUT2D eigenvalue weighted by atomic mass is 9.77. The second-order valence-electron chi connectivity index (χ2n) is 4.70. The fourth-order valence-corrected chi connectivity index (χ4v) is 1.90. The Labute approximate surface area is 94.8 Å². The van der Waals surface area contributed by atoms with Gasteiger partial charge in [-0.25, -0.2) is 5.48 Å². The number of hydroxylamine groups is 1. The predicted molar refractivity (Wildman–Crippen MR) is 58.1 cm³/mol. The molecule has 0 aromatic carbocycles. The highest BCUT2D eigenvalue weighted by Gasteiger charge is 2.37. The molecule has 16 heavy (non-hydrogen) atoms. The number of nitrogens with two attached hydrogens (primary N) is 1. The maximum Gasteiger partial charge on any atom is 0.261 e. The van der Waals surface area contributed by atoms with Crippen LogP contribution in [-0.4, -0.2) is 31.0 Å². The van der Waals surface area contributed by atoms with Crippen molar-refractivity contribution in [1.82, 2.24) is 10.8 Å². The minimum atomic E-state index is -0.615. The number of rotatable bonds is 4. The predicted octanol–water partition coefficient (Wildman–Crippen LogP) is -0.702. The maximum atomic E-state index is 11.7. The summed E-state index contributed by atoms with van der Waals surface area (Å²) in [5.41, 5.74) is 7.00. The van der Waals surface area contributed by atoms with E-state index in [0.717, 1.165) is 19.4 Å². The average molecular weight is 229 g/mol. The second-order valence-corrected chi connectivity index (χ2v) is 4.70. The van der Waals surface area contributed by atoms with Crippen LogP contribution in [-0.2, 0) is 14.4 Å². The van der Waals surface area contributed by atoms with Crippen LogP contribution in [0.3, 0.4) is 0 Å². The quantitative estimate of drug-likeness (QED) is 0.556. The van der Waals surface area contributed by atoms with Gasteiger partial charge < -0.3 is 11.1 Å². The van der Waals surface area contributed by atoms with Crippen molar-refractivity contribution in [2.24, 2.45) is 11.1 Å². The van der Waals surface area contributed by atoms with E-state index in [2.05, 4.69) is 15.6 Å². The van der Waals surface area contributed by atoms with E-state index < -0.39 is 5.91 Å². The second kappa shape index (κ2) is 5.27. The van der Waals surface area contributed by atoms with Crippen LogP contribution in [0.25, 0.3) is 0 Å². The molecule has 0 aromatic heterocycles. The van der Waals surface area contributed by atoms with E-state index in [1.54, 1.807) is 0 Å². The van der Waals surface area contributed by atoms with Crippen LogP contribution in [0, 0.1) is 5.41 Å². The third-order valence-corrected chi connectivity index (χ3v) is 2.78. The fourth-order valence-electron chi connectivity index (χ4n) is 1.90. The van der Waals surface area contributed by atoms with Crippen molar-refractivity contribution < 1.29 is 14.4 Å². The number of piperidine rings is 1. The summed E-state index contributed by atoms with van der Waals surface area (Å²) in [5, 5.41) is 3.14. The Morgan fingerprint density at radius 1 is 1.56 bits per heavy atom. The molecule has 0 aromatic rings. The standard InChI is InChI=1S/C10H19N3O3/c1-10(2)4-3-5-12-8(10)9(15)13-16-6-7(11)14/h8,12H,3-6H2,1-2H3,(H2,11,14)(H,13,15). The van der Waals surface area contributed by atoms with Crippen molar-refractivity contribution in [2.75, 3.05) is 13.2 Å². The van der Waals surface area contributed by atoms with Gasteiger partial charge in [0.05, 0.1) is 6.04 Å². The van der Waals surface area contributed by atoms with Crippen LogP contribution in [0.1, 0.15) is 26.7 Å². The number of primary amides is 1. The van der Waals surface area contributed by atoms with Gasteiger partial charge >= 0.3 is 0 Å². The smallest absolute Gasteiger partial charge is 0.261 e. The summed E-state index contributed by atoms with van der Waals surface area (Å²) in [5.74, 6) is -0.873. The van der Waals surface area contributed by atoms with Crippen molar-refractivity contribution >= 4 is 11.8 Å². The molecule has 0 aliphatic carbocycles. The molecule has 6 heteroatoms. The molecule has 0 saturated carbocycles. The van der Waals surface area contributed by atoms with Gasteiger partial charge in [-0.05, 0) is 24.8 Å². The van der Waals surface area contributed by atoms with Crippen molar-refractivity contribution in [2.45, 2.75) is 32.7 Å². The zero-order valence-corrected chi connectivity index (χ0v) is 9.71. The summed E-state index contributed by atoms with van der Waals surface area (Å²) < 4.78 is 0. The molecule has 1 rings (SSSR count). The van der Waals surface area contributed by atoms with Gasteiger partial charge in [-0.15, -0.1) is 0 Å². The van der Waals surface area contributed by atoms with Crippen molar-refractivity contribution in [3.8, 4) is 0 Å². The molecular formula is C10H19N3O3. The lowest BCUT2D eigenvalue weighted by molar-refractivity contribution is -0.142. The van der Waals surface area contributed by atoms with E-state index in [0.29, 0.717) is 0 Å². The van der Waals surface area contributed by atoms with E-state index in [1.165, 1.54) is 0 Å². The maximum absolute atomic E-state index is 11.7. The van der Waals surface area contributed by atoms with Crippen LogP contribution in [0.2, 0.25) is 0 Å². The van der Waals surface area contributed by atoms with E-state index in [9.17, 15) is 9.59 Å². The lowest BCUT2D eigenvalue weighted by Crippen LogP contribution is -2.55. The molecule has 92 valence electrons. The highest BCUT2D eigenvalue weighted by molar-refractivity contribution is 5.82. The molecule has 6 nitrogen and oxygen atoms in total. The molecular weight excluding hydrogens is 210 g/mol. The Bertz CT molecular complexity index is 278. The molecule has 1 heterocycles. The minimum absolute atomic E-state index is 0.113. The Morgan fingerprint density at radius 3 is 2.81 bits per heavy atom. The van der Waals surface area contributed by atoms with Gasteiger partial charge in [0.1, 0.15) is 0 Å². The van der Waals surface area contributed by atoms with Gasteiger partial charge in [-0.1, -0.05) is 13.8 Å². The Kier molecular flexibility index (Phi) is 4.26. The Hall–Kier alpha value is -1.14. The highest BCUT2D eigenvalue weighted by Crippen LogP contribution is 2.29. The van der Waals surface area contributed by atoms with E-state index in [-0.39, 0.29) is 24.0 Å². The SMILES string of the molecule is CC1(C)CCCNC1C(=O)NOCC(N)=O. The summed E-state index contributed by atoms with van der Waals surface area (Å²) in [6.07, 6.45) is 2.03. The first-order valence-electron chi connectivity index (χ1n) is 5.37. The van der Waals surface area contributed by atoms with Gasteiger partial charge in [0, 0.05) is 0 Å².